The predicted octanol–water partition coefficient (Wildman–Crippen LogP) is 1.70. The van der Waals surface area contributed by atoms with Crippen molar-refractivity contribution in [2.45, 2.75) is 32.2 Å². The van der Waals surface area contributed by atoms with Gasteiger partial charge in [-0.25, -0.2) is 0 Å². The van der Waals surface area contributed by atoms with Crippen LogP contribution in [0.3, 0.4) is 0 Å². The zero-order valence-electron chi connectivity index (χ0n) is 6.28. The largest absolute Gasteiger partial charge is 0.314 e. The number of likely N-dealkylation sites (N-methyl/N-ethyl adjacent to an activating group) is 1. The minimum atomic E-state index is 0.652. The first-order valence-electron chi connectivity index (χ1n) is 3.67. The first kappa shape index (κ1) is 6.81. The summed E-state index contributed by atoms with van der Waals surface area (Å²) in [5.41, 5.74) is 1.54. The Hall–Kier alpha value is -0.300. The molecule has 0 aromatic rings. The summed E-state index contributed by atoms with van der Waals surface area (Å²) in [6, 6.07) is 0.652. The smallest absolute Gasteiger partial charge is 0.0249 e. The molecule has 1 nitrogen and oxygen atoms in total. The molecular weight excluding hydrogens is 110 g/mol. The molecule has 1 rings (SSSR count). The third kappa shape index (κ3) is 1.83. The minimum Gasteiger partial charge on any atom is -0.314 e. The third-order valence-electron chi connectivity index (χ3n) is 1.94. The van der Waals surface area contributed by atoms with E-state index in [1.165, 1.54) is 19.3 Å². The van der Waals surface area contributed by atoms with Gasteiger partial charge >= 0.3 is 0 Å². The molecule has 0 amide bonds. The van der Waals surface area contributed by atoms with Crippen molar-refractivity contribution in [2.75, 3.05) is 7.05 Å². The molecule has 1 aliphatic carbocycles. The van der Waals surface area contributed by atoms with E-state index < -0.39 is 0 Å². The second kappa shape index (κ2) is 3.02. The quantitative estimate of drug-likeness (QED) is 0.526. The Bertz CT molecular complexity index is 116. The lowest BCUT2D eigenvalue weighted by molar-refractivity contribution is 0.554. The summed E-state index contributed by atoms with van der Waals surface area (Å²) in [4.78, 5) is 0. The number of allylic oxidation sites excluding steroid dienone is 1. The topological polar surface area (TPSA) is 12.0 Å². The van der Waals surface area contributed by atoms with E-state index in [2.05, 4.69) is 18.3 Å². The molecular formula is C8H15N. The van der Waals surface area contributed by atoms with E-state index in [9.17, 15) is 0 Å². The van der Waals surface area contributed by atoms with Crippen LogP contribution in [-0.4, -0.2) is 13.1 Å². The molecule has 1 unspecified atom stereocenters. The van der Waals surface area contributed by atoms with Crippen LogP contribution in [0.5, 0.6) is 0 Å². The van der Waals surface area contributed by atoms with E-state index >= 15 is 0 Å². The summed E-state index contributed by atoms with van der Waals surface area (Å²) in [5, 5.41) is 3.26. The minimum absolute atomic E-state index is 0.652. The van der Waals surface area contributed by atoms with Crippen molar-refractivity contribution >= 4 is 0 Å². The van der Waals surface area contributed by atoms with E-state index in [0.717, 1.165) is 0 Å². The molecule has 52 valence electrons. The number of rotatable bonds is 1. The Kier molecular flexibility index (Phi) is 2.29. The molecule has 0 radical (unpaired) electrons. The second-order valence-corrected chi connectivity index (χ2v) is 2.80. The van der Waals surface area contributed by atoms with Crippen LogP contribution < -0.4 is 5.32 Å². The lowest BCUT2D eigenvalue weighted by Gasteiger charge is -2.17. The third-order valence-corrected chi connectivity index (χ3v) is 1.94. The van der Waals surface area contributed by atoms with Crippen molar-refractivity contribution in [1.29, 1.82) is 0 Å². The molecule has 0 spiro atoms. The second-order valence-electron chi connectivity index (χ2n) is 2.80. The molecule has 0 heterocycles. The Morgan fingerprint density at radius 1 is 1.67 bits per heavy atom. The van der Waals surface area contributed by atoms with E-state index in [4.69, 9.17) is 0 Å². The average Bonchev–Trinajstić information content (AvgIpc) is 1.88. The fourth-order valence-corrected chi connectivity index (χ4v) is 1.34. The maximum Gasteiger partial charge on any atom is 0.0249 e. The number of hydrogen-bond acceptors (Lipinski definition) is 1. The van der Waals surface area contributed by atoms with E-state index in [-0.39, 0.29) is 0 Å². The van der Waals surface area contributed by atoms with Crippen LogP contribution in [0.4, 0.5) is 0 Å². The summed E-state index contributed by atoms with van der Waals surface area (Å²) in [6.07, 6.45) is 6.31. The maximum atomic E-state index is 3.26. The lowest BCUT2D eigenvalue weighted by atomic mass is 9.97. The molecule has 1 atom stereocenters. The van der Waals surface area contributed by atoms with Crippen LogP contribution in [0, 0.1) is 0 Å². The van der Waals surface area contributed by atoms with Crippen LogP contribution in [0.1, 0.15) is 26.2 Å². The molecule has 0 fully saturated rings. The van der Waals surface area contributed by atoms with Crippen molar-refractivity contribution in [2.24, 2.45) is 0 Å². The Morgan fingerprint density at radius 3 is 2.89 bits per heavy atom. The molecule has 9 heavy (non-hydrogen) atoms. The Labute approximate surface area is 57.1 Å². The highest BCUT2D eigenvalue weighted by atomic mass is 14.9. The normalized spacial score (nSPS) is 27.8. The highest BCUT2D eigenvalue weighted by Crippen LogP contribution is 2.16. The first-order valence-corrected chi connectivity index (χ1v) is 3.67. The van der Waals surface area contributed by atoms with Crippen LogP contribution >= 0.6 is 0 Å². The summed E-state index contributed by atoms with van der Waals surface area (Å²) in [5.74, 6) is 0. The van der Waals surface area contributed by atoms with E-state index in [1.807, 2.05) is 7.05 Å². The Balaban J connectivity index is 2.47. The van der Waals surface area contributed by atoms with Crippen LogP contribution in [-0.2, 0) is 0 Å². The highest BCUT2D eigenvalue weighted by molar-refractivity contribution is 5.07. The fourth-order valence-electron chi connectivity index (χ4n) is 1.34. The van der Waals surface area contributed by atoms with Gasteiger partial charge in [0.1, 0.15) is 0 Å². The van der Waals surface area contributed by atoms with Gasteiger partial charge in [0.2, 0.25) is 0 Å². The molecule has 0 saturated heterocycles. The van der Waals surface area contributed by atoms with Crippen LogP contribution in [0.15, 0.2) is 11.6 Å². The monoisotopic (exact) mass is 125 g/mol. The van der Waals surface area contributed by atoms with Crippen LogP contribution in [0.2, 0.25) is 0 Å². The van der Waals surface area contributed by atoms with Crippen molar-refractivity contribution < 1.29 is 0 Å². The standard InChI is InChI=1S/C8H15N/c1-7-4-3-5-8(6-7)9-2/h6,8-9H,3-5H2,1-2H3. The molecule has 0 saturated carbocycles. The summed E-state index contributed by atoms with van der Waals surface area (Å²) in [6.45, 7) is 2.21. The molecule has 0 aliphatic heterocycles. The summed E-state index contributed by atoms with van der Waals surface area (Å²) < 4.78 is 0. The Morgan fingerprint density at radius 2 is 2.44 bits per heavy atom. The van der Waals surface area contributed by atoms with Gasteiger partial charge in [0.15, 0.2) is 0 Å². The van der Waals surface area contributed by atoms with Crippen molar-refractivity contribution in [3.63, 3.8) is 0 Å². The van der Waals surface area contributed by atoms with Crippen molar-refractivity contribution in [1.82, 2.24) is 5.32 Å². The van der Waals surface area contributed by atoms with Crippen LogP contribution in [0.25, 0.3) is 0 Å². The van der Waals surface area contributed by atoms with Gasteiger partial charge in [-0.15, -0.1) is 0 Å². The first-order chi connectivity index (χ1) is 4.33. The van der Waals surface area contributed by atoms with E-state index in [0.29, 0.717) is 6.04 Å². The van der Waals surface area contributed by atoms with Gasteiger partial charge in [-0.1, -0.05) is 11.6 Å². The van der Waals surface area contributed by atoms with Gasteiger partial charge in [0, 0.05) is 6.04 Å². The molecule has 1 aliphatic rings. The molecule has 1 N–H and O–H groups in total. The fraction of sp³-hybridized carbons (Fsp3) is 0.750. The average molecular weight is 125 g/mol. The zero-order chi connectivity index (χ0) is 6.69. The molecule has 0 aromatic carbocycles. The summed E-state index contributed by atoms with van der Waals surface area (Å²) in [7, 11) is 2.03. The number of hydrogen-bond donors (Lipinski definition) is 1. The zero-order valence-corrected chi connectivity index (χ0v) is 6.28. The predicted molar refractivity (Wildman–Crippen MR) is 40.5 cm³/mol. The van der Waals surface area contributed by atoms with Crippen molar-refractivity contribution in [3.05, 3.63) is 11.6 Å². The van der Waals surface area contributed by atoms with Gasteiger partial charge in [0.05, 0.1) is 0 Å². The highest BCUT2D eigenvalue weighted by Gasteiger charge is 2.07. The van der Waals surface area contributed by atoms with Gasteiger partial charge in [-0.3, -0.25) is 0 Å². The summed E-state index contributed by atoms with van der Waals surface area (Å²) >= 11 is 0. The van der Waals surface area contributed by atoms with Gasteiger partial charge in [0.25, 0.3) is 0 Å². The van der Waals surface area contributed by atoms with Gasteiger partial charge in [-0.2, -0.15) is 0 Å². The molecule has 1 heteroatoms. The maximum absolute atomic E-state index is 3.26. The van der Waals surface area contributed by atoms with Gasteiger partial charge < -0.3 is 5.32 Å². The number of nitrogens with one attached hydrogen (secondary N) is 1. The molecule has 0 aromatic heterocycles. The molecule has 0 bridgehead atoms. The van der Waals surface area contributed by atoms with Gasteiger partial charge in [-0.05, 0) is 33.2 Å². The van der Waals surface area contributed by atoms with Crippen molar-refractivity contribution in [3.8, 4) is 0 Å². The lowest BCUT2D eigenvalue weighted by Crippen LogP contribution is -2.24. The SMILES string of the molecule is CNC1C=C(C)CCC1. The van der Waals surface area contributed by atoms with E-state index in [1.54, 1.807) is 5.57 Å².